The minimum Gasteiger partial charge on any atom is -0.354 e. The Morgan fingerprint density at radius 2 is 1.51 bits per heavy atom. The van der Waals surface area contributed by atoms with Gasteiger partial charge in [-0.2, -0.15) is 0 Å². The van der Waals surface area contributed by atoms with Crippen molar-refractivity contribution < 1.29 is 0 Å². The van der Waals surface area contributed by atoms with Gasteiger partial charge in [0.05, 0.1) is 22.5 Å². The number of fused-ring (bicyclic) bond motifs is 3. The normalized spacial score (nSPS) is 12.1. The van der Waals surface area contributed by atoms with Gasteiger partial charge in [-0.3, -0.25) is 9.98 Å². The van der Waals surface area contributed by atoms with Crippen LogP contribution in [-0.4, -0.2) is 27.3 Å². The van der Waals surface area contributed by atoms with Gasteiger partial charge in [0.1, 0.15) is 12.5 Å². The van der Waals surface area contributed by atoms with Crippen molar-refractivity contribution in [1.82, 2.24) is 15.0 Å². The van der Waals surface area contributed by atoms with Crippen molar-refractivity contribution in [1.29, 1.82) is 0 Å². The van der Waals surface area contributed by atoms with Gasteiger partial charge in [0.2, 0.25) is 0 Å². The third kappa shape index (κ3) is 4.98. The number of para-hydroxylation sites is 1. The lowest BCUT2D eigenvalue weighted by molar-refractivity contribution is 1.11. The molecule has 39 heavy (non-hydrogen) atoms. The lowest BCUT2D eigenvalue weighted by Crippen LogP contribution is -2.07. The molecule has 0 spiro atoms. The standard InChI is InChI=1S/C34H27N5/c1-2-24(25-13-5-3-6-14-25)21-31(26-15-7-4-8-16-26)37-23-38-34-32(30-19-11-12-20-35-30)33-28(22-36-34)27-17-9-10-18-29(27)39-33/h2-22,39H,1,23H2,(H,36,38)/b24-21+,37-31+. The highest BCUT2D eigenvalue weighted by Gasteiger charge is 2.16. The van der Waals surface area contributed by atoms with Gasteiger partial charge in [-0.15, -0.1) is 0 Å². The molecule has 0 atom stereocenters. The molecule has 0 aliphatic heterocycles. The average Bonchev–Trinajstić information content (AvgIpc) is 3.38. The maximum Gasteiger partial charge on any atom is 0.138 e. The highest BCUT2D eigenvalue weighted by molar-refractivity contribution is 6.14. The third-order valence-corrected chi connectivity index (χ3v) is 6.66. The molecule has 188 valence electrons. The molecule has 5 nitrogen and oxygen atoms in total. The number of hydrogen-bond donors (Lipinski definition) is 2. The first-order valence-electron chi connectivity index (χ1n) is 12.9. The van der Waals surface area contributed by atoms with Crippen LogP contribution < -0.4 is 5.32 Å². The number of aromatic amines is 1. The lowest BCUT2D eigenvalue weighted by atomic mass is 10.0. The van der Waals surface area contributed by atoms with Crippen molar-refractivity contribution >= 4 is 38.9 Å². The number of aliphatic imine (C=N–C) groups is 1. The van der Waals surface area contributed by atoms with Crippen molar-refractivity contribution in [3.05, 3.63) is 145 Å². The molecule has 5 heteroatoms. The second-order valence-corrected chi connectivity index (χ2v) is 9.07. The lowest BCUT2D eigenvalue weighted by Gasteiger charge is -2.12. The summed E-state index contributed by atoms with van der Waals surface area (Å²) in [6.07, 6.45) is 7.66. The predicted octanol–water partition coefficient (Wildman–Crippen LogP) is 7.91. The topological polar surface area (TPSA) is 66.0 Å². The Balaban J connectivity index is 1.41. The first kappa shape index (κ1) is 24.1. The Morgan fingerprint density at radius 1 is 0.795 bits per heavy atom. The van der Waals surface area contributed by atoms with Crippen LogP contribution in [0.2, 0.25) is 0 Å². The molecular formula is C34H27N5. The summed E-state index contributed by atoms with van der Waals surface area (Å²) in [6, 6.07) is 34.6. The smallest absolute Gasteiger partial charge is 0.138 e. The molecule has 6 aromatic rings. The SMILES string of the molecule is C=C/C(=C\C(=N/CNc1ncc2c([nH]c3ccccc32)c1-c1ccccn1)c1ccccc1)c1ccccc1. The second kappa shape index (κ2) is 11.0. The highest BCUT2D eigenvalue weighted by Crippen LogP contribution is 2.36. The van der Waals surface area contributed by atoms with Crippen LogP contribution >= 0.6 is 0 Å². The van der Waals surface area contributed by atoms with Gasteiger partial charge in [0, 0.05) is 28.7 Å². The van der Waals surface area contributed by atoms with Crippen LogP contribution in [0.1, 0.15) is 11.1 Å². The van der Waals surface area contributed by atoms with Gasteiger partial charge >= 0.3 is 0 Å². The molecule has 3 heterocycles. The van der Waals surface area contributed by atoms with E-state index in [2.05, 4.69) is 64.3 Å². The predicted molar refractivity (Wildman–Crippen MR) is 163 cm³/mol. The molecule has 0 unspecified atom stereocenters. The van der Waals surface area contributed by atoms with E-state index in [4.69, 9.17) is 9.98 Å². The van der Waals surface area contributed by atoms with Crippen molar-refractivity contribution in [2.45, 2.75) is 0 Å². The minimum absolute atomic E-state index is 0.332. The molecule has 0 fully saturated rings. The van der Waals surface area contributed by atoms with Gasteiger partial charge in [-0.05, 0) is 41.0 Å². The number of rotatable bonds is 8. The van der Waals surface area contributed by atoms with Gasteiger partial charge in [0.15, 0.2) is 0 Å². The second-order valence-electron chi connectivity index (χ2n) is 9.07. The molecule has 2 N–H and O–H groups in total. The number of hydrogen-bond acceptors (Lipinski definition) is 4. The first-order valence-corrected chi connectivity index (χ1v) is 12.9. The Kier molecular flexibility index (Phi) is 6.78. The zero-order valence-corrected chi connectivity index (χ0v) is 21.4. The third-order valence-electron chi connectivity index (χ3n) is 6.66. The average molecular weight is 506 g/mol. The Bertz CT molecular complexity index is 1800. The summed E-state index contributed by atoms with van der Waals surface area (Å²) in [5.74, 6) is 0.722. The van der Waals surface area contributed by atoms with Crippen LogP contribution in [0.5, 0.6) is 0 Å². The molecule has 0 saturated heterocycles. The minimum atomic E-state index is 0.332. The van der Waals surface area contributed by atoms with Crippen LogP contribution in [0.15, 0.2) is 139 Å². The number of H-pyrrole nitrogens is 1. The van der Waals surface area contributed by atoms with E-state index in [1.54, 1.807) is 6.20 Å². The quantitative estimate of drug-likeness (QED) is 0.163. The Hall–Kier alpha value is -5.29. The molecule has 6 rings (SSSR count). The molecular weight excluding hydrogens is 478 g/mol. The molecule has 3 aromatic heterocycles. The highest BCUT2D eigenvalue weighted by atomic mass is 15.1. The summed E-state index contributed by atoms with van der Waals surface area (Å²) in [6.45, 7) is 4.38. The van der Waals surface area contributed by atoms with E-state index in [0.717, 1.165) is 61.3 Å². The summed E-state index contributed by atoms with van der Waals surface area (Å²) in [5.41, 5.74) is 7.81. The van der Waals surface area contributed by atoms with Crippen LogP contribution in [0.4, 0.5) is 5.82 Å². The number of nitrogens with zero attached hydrogens (tertiary/aromatic N) is 3. The molecule has 0 amide bonds. The Morgan fingerprint density at radius 3 is 2.26 bits per heavy atom. The van der Waals surface area contributed by atoms with Gasteiger partial charge in [-0.25, -0.2) is 4.98 Å². The van der Waals surface area contributed by atoms with Gasteiger partial charge < -0.3 is 10.3 Å². The Labute approximate surface area is 227 Å². The van der Waals surface area contributed by atoms with E-state index < -0.39 is 0 Å². The summed E-state index contributed by atoms with van der Waals surface area (Å²) >= 11 is 0. The number of benzene rings is 3. The largest absolute Gasteiger partial charge is 0.354 e. The number of pyridine rings is 2. The zero-order valence-electron chi connectivity index (χ0n) is 21.4. The molecule has 0 saturated carbocycles. The van der Waals surface area contributed by atoms with E-state index in [-0.39, 0.29) is 0 Å². The number of anilines is 1. The van der Waals surface area contributed by atoms with E-state index in [0.29, 0.717) is 6.67 Å². The summed E-state index contributed by atoms with van der Waals surface area (Å²) in [4.78, 5) is 18.0. The van der Waals surface area contributed by atoms with Gasteiger partial charge in [-0.1, -0.05) is 97.6 Å². The fourth-order valence-electron chi connectivity index (χ4n) is 4.77. The van der Waals surface area contributed by atoms with Gasteiger partial charge in [0.25, 0.3) is 0 Å². The summed E-state index contributed by atoms with van der Waals surface area (Å²) in [5, 5.41) is 5.66. The molecule has 0 aliphatic carbocycles. The van der Waals surface area contributed by atoms with E-state index in [1.807, 2.05) is 79.0 Å². The van der Waals surface area contributed by atoms with Crippen LogP contribution in [0.25, 0.3) is 38.6 Å². The van der Waals surface area contributed by atoms with Crippen molar-refractivity contribution in [3.63, 3.8) is 0 Å². The fourth-order valence-corrected chi connectivity index (χ4v) is 4.77. The van der Waals surface area contributed by atoms with Crippen LogP contribution in [0.3, 0.4) is 0 Å². The molecule has 0 aliphatic rings. The molecule has 0 radical (unpaired) electrons. The number of aromatic nitrogens is 3. The fraction of sp³-hybridized carbons (Fsp3) is 0.0294. The summed E-state index contributed by atoms with van der Waals surface area (Å²) < 4.78 is 0. The van der Waals surface area contributed by atoms with Crippen LogP contribution in [-0.2, 0) is 0 Å². The van der Waals surface area contributed by atoms with Crippen molar-refractivity contribution in [3.8, 4) is 11.3 Å². The maximum atomic E-state index is 4.97. The summed E-state index contributed by atoms with van der Waals surface area (Å²) in [7, 11) is 0. The first-order chi connectivity index (χ1) is 19.3. The van der Waals surface area contributed by atoms with E-state index in [9.17, 15) is 0 Å². The van der Waals surface area contributed by atoms with E-state index >= 15 is 0 Å². The zero-order chi connectivity index (χ0) is 26.4. The van der Waals surface area contributed by atoms with Crippen molar-refractivity contribution in [2.24, 2.45) is 4.99 Å². The van der Waals surface area contributed by atoms with E-state index in [1.165, 1.54) is 0 Å². The van der Waals surface area contributed by atoms with Crippen LogP contribution in [0, 0.1) is 0 Å². The maximum absolute atomic E-state index is 4.97. The van der Waals surface area contributed by atoms with Crippen molar-refractivity contribution in [2.75, 3.05) is 12.0 Å². The molecule has 0 bridgehead atoms. The monoisotopic (exact) mass is 505 g/mol. The number of nitrogens with one attached hydrogen (secondary N) is 2. The molecule has 3 aromatic carbocycles. The number of allylic oxidation sites excluding steroid dienone is 3.